The van der Waals surface area contributed by atoms with E-state index in [0.717, 1.165) is 17.7 Å². The van der Waals surface area contributed by atoms with E-state index >= 15 is 0 Å². The smallest absolute Gasteiger partial charge is 0.319 e. The normalized spacial score (nSPS) is 10.2. The minimum Gasteiger partial charge on any atom is -0.492 e. The standard InChI is InChI=1S/C18H21ClN2O2/c1-3-14-5-4-6-16(11-14)23-10-9-20-18(22)21-17-12-15(19)8-7-13(17)2/h4-8,11-12H,3,9-10H2,1-2H3,(H2,20,21,22). The Balaban J connectivity index is 1.75. The number of amides is 2. The molecule has 0 atom stereocenters. The predicted octanol–water partition coefficient (Wildman–Crippen LogP) is 4.41. The molecule has 5 heteroatoms. The maximum absolute atomic E-state index is 11.9. The number of halogens is 1. The van der Waals surface area contributed by atoms with E-state index in [4.69, 9.17) is 16.3 Å². The molecule has 0 aliphatic carbocycles. The van der Waals surface area contributed by atoms with E-state index in [0.29, 0.717) is 23.9 Å². The van der Waals surface area contributed by atoms with Crippen LogP contribution < -0.4 is 15.4 Å². The molecule has 0 aromatic heterocycles. The molecule has 23 heavy (non-hydrogen) atoms. The van der Waals surface area contributed by atoms with E-state index in [1.807, 2.05) is 31.2 Å². The summed E-state index contributed by atoms with van der Waals surface area (Å²) in [5, 5.41) is 6.12. The quantitative estimate of drug-likeness (QED) is 0.770. The zero-order valence-corrected chi connectivity index (χ0v) is 14.1. The molecule has 0 unspecified atom stereocenters. The van der Waals surface area contributed by atoms with Crippen LogP contribution in [-0.2, 0) is 6.42 Å². The predicted molar refractivity (Wildman–Crippen MR) is 94.5 cm³/mol. The highest BCUT2D eigenvalue weighted by atomic mass is 35.5. The van der Waals surface area contributed by atoms with Gasteiger partial charge in [0.05, 0.1) is 6.54 Å². The molecule has 0 aliphatic heterocycles. The van der Waals surface area contributed by atoms with Crippen LogP contribution in [0.5, 0.6) is 5.75 Å². The van der Waals surface area contributed by atoms with E-state index in [1.54, 1.807) is 12.1 Å². The summed E-state index contributed by atoms with van der Waals surface area (Å²) < 4.78 is 5.63. The lowest BCUT2D eigenvalue weighted by molar-refractivity contribution is 0.247. The molecule has 0 heterocycles. The number of hydrogen-bond acceptors (Lipinski definition) is 2. The molecule has 2 rings (SSSR count). The van der Waals surface area contributed by atoms with Crippen molar-refractivity contribution in [3.63, 3.8) is 0 Å². The second kappa shape index (κ2) is 8.44. The molecule has 2 amide bonds. The third-order valence-corrected chi connectivity index (χ3v) is 3.65. The van der Waals surface area contributed by atoms with Gasteiger partial charge in [-0.2, -0.15) is 0 Å². The fraction of sp³-hybridized carbons (Fsp3) is 0.278. The number of anilines is 1. The van der Waals surface area contributed by atoms with Crippen molar-refractivity contribution in [1.82, 2.24) is 5.32 Å². The van der Waals surface area contributed by atoms with Crippen molar-refractivity contribution in [3.05, 3.63) is 58.6 Å². The van der Waals surface area contributed by atoms with Crippen molar-refractivity contribution in [2.45, 2.75) is 20.3 Å². The van der Waals surface area contributed by atoms with Gasteiger partial charge in [0.2, 0.25) is 0 Å². The van der Waals surface area contributed by atoms with E-state index < -0.39 is 0 Å². The maximum Gasteiger partial charge on any atom is 0.319 e. The van der Waals surface area contributed by atoms with Crippen molar-refractivity contribution < 1.29 is 9.53 Å². The van der Waals surface area contributed by atoms with Crippen molar-refractivity contribution in [2.75, 3.05) is 18.5 Å². The van der Waals surface area contributed by atoms with Crippen LogP contribution in [0.3, 0.4) is 0 Å². The molecule has 0 radical (unpaired) electrons. The number of nitrogens with one attached hydrogen (secondary N) is 2. The number of ether oxygens (including phenoxy) is 1. The second-order valence-electron chi connectivity index (χ2n) is 5.19. The Morgan fingerprint density at radius 2 is 2.04 bits per heavy atom. The van der Waals surface area contributed by atoms with Gasteiger partial charge in [-0.25, -0.2) is 4.79 Å². The van der Waals surface area contributed by atoms with Crippen LogP contribution in [0.15, 0.2) is 42.5 Å². The van der Waals surface area contributed by atoms with Crippen molar-refractivity contribution in [2.24, 2.45) is 0 Å². The summed E-state index contributed by atoms with van der Waals surface area (Å²) >= 11 is 5.93. The van der Waals surface area contributed by atoms with E-state index in [9.17, 15) is 4.79 Å². The van der Waals surface area contributed by atoms with Gasteiger partial charge in [0, 0.05) is 10.7 Å². The lowest BCUT2D eigenvalue weighted by Gasteiger charge is -2.11. The van der Waals surface area contributed by atoms with Crippen LogP contribution in [0.4, 0.5) is 10.5 Å². The van der Waals surface area contributed by atoms with Gasteiger partial charge in [0.15, 0.2) is 0 Å². The van der Waals surface area contributed by atoms with Gasteiger partial charge in [-0.05, 0) is 48.7 Å². The van der Waals surface area contributed by atoms with Gasteiger partial charge in [-0.15, -0.1) is 0 Å². The van der Waals surface area contributed by atoms with Crippen molar-refractivity contribution in [1.29, 1.82) is 0 Å². The summed E-state index contributed by atoms with van der Waals surface area (Å²) in [5.41, 5.74) is 2.88. The first-order valence-electron chi connectivity index (χ1n) is 7.61. The zero-order chi connectivity index (χ0) is 16.7. The highest BCUT2D eigenvalue weighted by molar-refractivity contribution is 6.31. The largest absolute Gasteiger partial charge is 0.492 e. The number of urea groups is 1. The minimum absolute atomic E-state index is 0.277. The molecule has 2 N–H and O–H groups in total. The van der Waals surface area contributed by atoms with Crippen LogP contribution in [0, 0.1) is 6.92 Å². The van der Waals surface area contributed by atoms with E-state index in [-0.39, 0.29) is 6.03 Å². The lowest BCUT2D eigenvalue weighted by atomic mass is 10.2. The molecule has 4 nitrogen and oxygen atoms in total. The van der Waals surface area contributed by atoms with Crippen LogP contribution in [0.25, 0.3) is 0 Å². The Labute approximate surface area is 141 Å². The van der Waals surface area contributed by atoms with E-state index in [1.165, 1.54) is 5.56 Å². The van der Waals surface area contributed by atoms with Crippen LogP contribution >= 0.6 is 11.6 Å². The summed E-state index contributed by atoms with van der Waals surface area (Å²) in [4.78, 5) is 11.9. The lowest BCUT2D eigenvalue weighted by Crippen LogP contribution is -2.32. The zero-order valence-electron chi connectivity index (χ0n) is 13.4. The fourth-order valence-corrected chi connectivity index (χ4v) is 2.26. The molecule has 0 saturated carbocycles. The number of carbonyl (C=O) groups excluding carboxylic acids is 1. The first kappa shape index (κ1) is 17.2. The number of rotatable bonds is 6. The number of carbonyl (C=O) groups is 1. The summed E-state index contributed by atoms with van der Waals surface area (Å²) in [6.07, 6.45) is 0.969. The average molecular weight is 333 g/mol. The summed E-state index contributed by atoms with van der Waals surface area (Å²) in [6, 6.07) is 13.1. The monoisotopic (exact) mass is 332 g/mol. The van der Waals surface area contributed by atoms with Crippen LogP contribution in [-0.4, -0.2) is 19.2 Å². The molecule has 0 bridgehead atoms. The SMILES string of the molecule is CCc1cccc(OCCNC(=O)Nc2cc(Cl)ccc2C)c1. The highest BCUT2D eigenvalue weighted by Crippen LogP contribution is 2.19. The first-order chi connectivity index (χ1) is 11.1. The molecular formula is C18H21ClN2O2. The molecule has 2 aromatic rings. The Hall–Kier alpha value is -2.20. The van der Waals surface area contributed by atoms with Gasteiger partial charge in [0.25, 0.3) is 0 Å². The number of aryl methyl sites for hydroxylation is 2. The van der Waals surface area contributed by atoms with Gasteiger partial charge in [-0.1, -0.05) is 36.7 Å². The fourth-order valence-electron chi connectivity index (χ4n) is 2.08. The van der Waals surface area contributed by atoms with Crippen molar-refractivity contribution in [3.8, 4) is 5.75 Å². The highest BCUT2D eigenvalue weighted by Gasteiger charge is 2.05. The summed E-state index contributed by atoms with van der Waals surface area (Å²) in [5.74, 6) is 0.817. The molecule has 0 aliphatic rings. The van der Waals surface area contributed by atoms with Crippen LogP contribution in [0.1, 0.15) is 18.1 Å². The Morgan fingerprint density at radius 1 is 1.22 bits per heavy atom. The third kappa shape index (κ3) is 5.49. The molecule has 2 aromatic carbocycles. The van der Waals surface area contributed by atoms with Gasteiger partial charge < -0.3 is 15.4 Å². The molecular weight excluding hydrogens is 312 g/mol. The summed E-state index contributed by atoms with van der Waals surface area (Å²) in [7, 11) is 0. The van der Waals surface area contributed by atoms with Gasteiger partial charge in [0.1, 0.15) is 12.4 Å². The average Bonchev–Trinajstić information content (AvgIpc) is 2.55. The van der Waals surface area contributed by atoms with Gasteiger partial charge in [-0.3, -0.25) is 0 Å². The van der Waals surface area contributed by atoms with Crippen LogP contribution in [0.2, 0.25) is 5.02 Å². The second-order valence-corrected chi connectivity index (χ2v) is 5.63. The molecule has 122 valence electrons. The molecule has 0 fully saturated rings. The topological polar surface area (TPSA) is 50.4 Å². The molecule has 0 saturated heterocycles. The van der Waals surface area contributed by atoms with E-state index in [2.05, 4.69) is 23.6 Å². The van der Waals surface area contributed by atoms with Gasteiger partial charge >= 0.3 is 6.03 Å². The summed E-state index contributed by atoms with van der Waals surface area (Å²) in [6.45, 7) is 4.84. The Kier molecular flexibility index (Phi) is 6.29. The minimum atomic E-state index is -0.277. The number of benzene rings is 2. The first-order valence-corrected chi connectivity index (χ1v) is 7.99. The Morgan fingerprint density at radius 3 is 2.83 bits per heavy atom. The maximum atomic E-state index is 11.9. The molecule has 0 spiro atoms. The third-order valence-electron chi connectivity index (χ3n) is 3.41. The number of hydrogen-bond donors (Lipinski definition) is 2. The Bertz CT molecular complexity index is 674. The van der Waals surface area contributed by atoms with Crippen molar-refractivity contribution >= 4 is 23.3 Å².